The molecule has 0 aliphatic heterocycles. The Morgan fingerprint density at radius 2 is 1.61 bits per heavy atom. The Bertz CT molecular complexity index is 689. The van der Waals surface area contributed by atoms with Crippen molar-refractivity contribution in [3.8, 4) is 0 Å². The van der Waals surface area contributed by atoms with Crippen molar-refractivity contribution in [3.63, 3.8) is 0 Å². The van der Waals surface area contributed by atoms with Gasteiger partial charge in [0, 0.05) is 11.6 Å². The van der Waals surface area contributed by atoms with Crippen LogP contribution in [0.4, 0.5) is 4.39 Å². The first-order valence-electron chi connectivity index (χ1n) is 7.80. The molecule has 0 radical (unpaired) electrons. The van der Waals surface area contributed by atoms with E-state index in [1.165, 1.54) is 23.8 Å². The number of hydrogen-bond donors (Lipinski definition) is 1. The lowest BCUT2D eigenvalue weighted by atomic mass is 9.99. The average molecular weight is 311 g/mol. The molecule has 0 aliphatic carbocycles. The fraction of sp³-hybridized carbons (Fsp3) is 0.250. The van der Waals surface area contributed by atoms with Gasteiger partial charge in [0.25, 0.3) is 0 Å². The molecule has 120 valence electrons. The molecule has 3 heteroatoms. The minimum absolute atomic E-state index is 0.103. The summed E-state index contributed by atoms with van der Waals surface area (Å²) in [5.41, 5.74) is 2.71. The third kappa shape index (κ3) is 4.78. The molecule has 1 N–H and O–H groups in total. The molecule has 0 aliphatic rings. The Balaban J connectivity index is 1.98. The average Bonchev–Trinajstić information content (AvgIpc) is 2.54. The summed E-state index contributed by atoms with van der Waals surface area (Å²) < 4.78 is 13.5. The minimum Gasteiger partial charge on any atom is -0.346 e. The molecule has 0 heterocycles. The van der Waals surface area contributed by atoms with Gasteiger partial charge in [-0.05, 0) is 36.1 Å². The number of benzene rings is 2. The Kier molecular flexibility index (Phi) is 5.69. The molecule has 2 aromatic carbocycles. The van der Waals surface area contributed by atoms with E-state index < -0.39 is 0 Å². The van der Waals surface area contributed by atoms with Crippen molar-refractivity contribution in [2.45, 2.75) is 32.7 Å². The summed E-state index contributed by atoms with van der Waals surface area (Å²) in [4.78, 5) is 12.0. The van der Waals surface area contributed by atoms with Crippen molar-refractivity contribution < 1.29 is 9.18 Å². The normalized spacial score (nSPS) is 12.6. The van der Waals surface area contributed by atoms with Gasteiger partial charge in [-0.3, -0.25) is 4.79 Å². The highest BCUT2D eigenvalue weighted by Crippen LogP contribution is 2.18. The fourth-order valence-corrected chi connectivity index (χ4v) is 2.29. The molecule has 0 spiro atoms. The number of carbonyl (C=O) groups excluding carboxylic acids is 1. The molecule has 23 heavy (non-hydrogen) atoms. The molecule has 0 aromatic heterocycles. The van der Waals surface area contributed by atoms with E-state index in [0.29, 0.717) is 11.5 Å². The second-order valence-electron chi connectivity index (χ2n) is 5.91. The van der Waals surface area contributed by atoms with Gasteiger partial charge in [0.15, 0.2) is 0 Å². The zero-order chi connectivity index (χ0) is 16.8. The second kappa shape index (κ2) is 7.73. The zero-order valence-corrected chi connectivity index (χ0v) is 13.7. The molecular weight excluding hydrogens is 289 g/mol. The van der Waals surface area contributed by atoms with Gasteiger partial charge in [0.2, 0.25) is 5.91 Å². The summed E-state index contributed by atoms with van der Waals surface area (Å²) in [6, 6.07) is 14.5. The van der Waals surface area contributed by atoms with Crippen molar-refractivity contribution in [2.75, 3.05) is 0 Å². The van der Waals surface area contributed by atoms with Crippen LogP contribution in [0.3, 0.4) is 0 Å². The van der Waals surface area contributed by atoms with Crippen LogP contribution in [0.25, 0.3) is 6.08 Å². The van der Waals surface area contributed by atoms with E-state index in [2.05, 4.69) is 31.3 Å². The largest absolute Gasteiger partial charge is 0.346 e. The Morgan fingerprint density at radius 3 is 2.22 bits per heavy atom. The molecule has 0 saturated carbocycles. The number of halogens is 1. The SMILES string of the molecule is CC(C)c1ccc(C(C)NC(=O)C=Cc2ccccc2F)cc1. The lowest BCUT2D eigenvalue weighted by Crippen LogP contribution is -2.24. The highest BCUT2D eigenvalue weighted by Gasteiger charge is 2.08. The minimum atomic E-state index is -0.339. The third-order valence-electron chi connectivity index (χ3n) is 3.78. The Hall–Kier alpha value is -2.42. The van der Waals surface area contributed by atoms with E-state index in [0.717, 1.165) is 5.56 Å². The molecule has 1 amide bonds. The summed E-state index contributed by atoms with van der Waals surface area (Å²) in [5, 5.41) is 2.89. The van der Waals surface area contributed by atoms with Crippen molar-refractivity contribution >= 4 is 12.0 Å². The maximum atomic E-state index is 13.5. The van der Waals surface area contributed by atoms with Gasteiger partial charge < -0.3 is 5.32 Å². The monoisotopic (exact) mass is 311 g/mol. The molecule has 0 bridgehead atoms. The molecule has 2 aromatic rings. The van der Waals surface area contributed by atoms with Crippen LogP contribution in [0.5, 0.6) is 0 Å². The number of amides is 1. The predicted molar refractivity (Wildman–Crippen MR) is 92.5 cm³/mol. The molecule has 2 nitrogen and oxygen atoms in total. The van der Waals surface area contributed by atoms with Crippen LogP contribution >= 0.6 is 0 Å². The van der Waals surface area contributed by atoms with E-state index in [1.807, 2.05) is 19.1 Å². The van der Waals surface area contributed by atoms with Crippen molar-refractivity contribution in [1.82, 2.24) is 5.32 Å². The van der Waals surface area contributed by atoms with Gasteiger partial charge in [0.05, 0.1) is 6.04 Å². The van der Waals surface area contributed by atoms with Crippen LogP contribution in [0.1, 0.15) is 49.4 Å². The Morgan fingerprint density at radius 1 is 1.00 bits per heavy atom. The van der Waals surface area contributed by atoms with E-state index in [1.54, 1.807) is 18.2 Å². The van der Waals surface area contributed by atoms with Crippen LogP contribution in [0, 0.1) is 5.82 Å². The van der Waals surface area contributed by atoms with Crippen LogP contribution in [-0.2, 0) is 4.79 Å². The smallest absolute Gasteiger partial charge is 0.244 e. The highest BCUT2D eigenvalue weighted by atomic mass is 19.1. The molecule has 0 fully saturated rings. The Labute approximate surface area is 137 Å². The highest BCUT2D eigenvalue weighted by molar-refractivity contribution is 5.92. The maximum absolute atomic E-state index is 13.5. The molecule has 0 saturated heterocycles. The summed E-state index contributed by atoms with van der Waals surface area (Å²) >= 11 is 0. The number of nitrogens with one attached hydrogen (secondary N) is 1. The van der Waals surface area contributed by atoms with Gasteiger partial charge >= 0.3 is 0 Å². The first-order valence-corrected chi connectivity index (χ1v) is 7.80. The molecule has 1 atom stereocenters. The summed E-state index contributed by atoms with van der Waals surface area (Å²) in [6.07, 6.45) is 2.84. The van der Waals surface area contributed by atoms with Crippen LogP contribution in [0.15, 0.2) is 54.6 Å². The van der Waals surface area contributed by atoms with Gasteiger partial charge in [0.1, 0.15) is 5.82 Å². The van der Waals surface area contributed by atoms with Crippen molar-refractivity contribution in [1.29, 1.82) is 0 Å². The van der Waals surface area contributed by atoms with Gasteiger partial charge in [-0.1, -0.05) is 56.3 Å². The lowest BCUT2D eigenvalue weighted by molar-refractivity contribution is -0.117. The fourth-order valence-electron chi connectivity index (χ4n) is 2.29. The van der Waals surface area contributed by atoms with Crippen LogP contribution in [0.2, 0.25) is 0 Å². The molecule has 1 unspecified atom stereocenters. The lowest BCUT2D eigenvalue weighted by Gasteiger charge is -2.14. The number of rotatable bonds is 5. The number of carbonyl (C=O) groups is 1. The van der Waals surface area contributed by atoms with Gasteiger partial charge in [-0.15, -0.1) is 0 Å². The van der Waals surface area contributed by atoms with Crippen LogP contribution in [-0.4, -0.2) is 5.91 Å². The third-order valence-corrected chi connectivity index (χ3v) is 3.78. The van der Waals surface area contributed by atoms with E-state index in [4.69, 9.17) is 0 Å². The predicted octanol–water partition coefficient (Wildman–Crippen LogP) is 4.84. The topological polar surface area (TPSA) is 29.1 Å². The summed E-state index contributed by atoms with van der Waals surface area (Å²) in [5.74, 6) is -0.0970. The van der Waals surface area contributed by atoms with Crippen molar-refractivity contribution in [2.24, 2.45) is 0 Å². The standard InChI is InChI=1S/C20H22FNO/c1-14(2)16-8-10-17(11-9-16)15(3)22-20(23)13-12-18-6-4-5-7-19(18)21/h4-15H,1-3H3,(H,22,23). The number of hydrogen-bond acceptors (Lipinski definition) is 1. The first-order chi connectivity index (χ1) is 11.0. The van der Waals surface area contributed by atoms with Gasteiger partial charge in [-0.25, -0.2) is 4.39 Å². The quantitative estimate of drug-likeness (QED) is 0.787. The zero-order valence-electron chi connectivity index (χ0n) is 13.7. The summed E-state index contributed by atoms with van der Waals surface area (Å²) in [6.45, 7) is 6.22. The van der Waals surface area contributed by atoms with Gasteiger partial charge in [-0.2, -0.15) is 0 Å². The van der Waals surface area contributed by atoms with E-state index in [9.17, 15) is 9.18 Å². The van der Waals surface area contributed by atoms with E-state index in [-0.39, 0.29) is 17.8 Å². The summed E-state index contributed by atoms with van der Waals surface area (Å²) in [7, 11) is 0. The van der Waals surface area contributed by atoms with Crippen molar-refractivity contribution in [3.05, 3.63) is 77.1 Å². The van der Waals surface area contributed by atoms with Crippen LogP contribution < -0.4 is 5.32 Å². The van der Waals surface area contributed by atoms with E-state index >= 15 is 0 Å². The second-order valence-corrected chi connectivity index (χ2v) is 5.91. The first kappa shape index (κ1) is 16.9. The molecular formula is C20H22FNO. The maximum Gasteiger partial charge on any atom is 0.244 e. The molecule has 2 rings (SSSR count).